The molecule has 1 amide bonds. The van der Waals surface area contributed by atoms with E-state index < -0.39 is 35.6 Å². The zero-order valence-corrected chi connectivity index (χ0v) is 17.8. The number of carbonyl (C=O) groups excluding carboxylic acids is 1. The second-order valence-corrected chi connectivity index (χ2v) is 7.81. The maximum atomic E-state index is 14.3. The minimum Gasteiger partial charge on any atom is -0.435 e. The van der Waals surface area contributed by atoms with E-state index in [1.54, 1.807) is 18.2 Å². The first kappa shape index (κ1) is 21.1. The number of H-pyrrole nitrogens is 1. The Morgan fingerprint density at radius 3 is 2.77 bits per heavy atom. The molecule has 0 aliphatic carbocycles. The maximum absolute atomic E-state index is 14.3. The highest BCUT2D eigenvalue weighted by atomic mass is 19.3. The van der Waals surface area contributed by atoms with E-state index in [0.717, 1.165) is 5.69 Å². The van der Waals surface area contributed by atoms with Crippen molar-refractivity contribution in [1.29, 1.82) is 0 Å². The third kappa shape index (κ3) is 3.45. The lowest BCUT2D eigenvalue weighted by Crippen LogP contribution is -2.41. The maximum Gasteiger partial charge on any atom is 0.292 e. The number of aromatic nitrogens is 5. The second kappa shape index (κ2) is 8.08. The van der Waals surface area contributed by atoms with Crippen LogP contribution < -0.4 is 0 Å². The van der Waals surface area contributed by atoms with Crippen LogP contribution in [0.2, 0.25) is 0 Å². The van der Waals surface area contributed by atoms with Crippen LogP contribution in [0.15, 0.2) is 57.8 Å². The molecule has 1 atom stereocenters. The van der Waals surface area contributed by atoms with Gasteiger partial charge in [0.05, 0.1) is 12.0 Å². The Morgan fingerprint density at radius 1 is 1.11 bits per heavy atom. The van der Waals surface area contributed by atoms with Crippen molar-refractivity contribution in [3.8, 4) is 11.6 Å². The quantitative estimate of drug-likeness (QED) is 0.404. The number of nitrogens with one attached hydrogen (secondary N) is 1. The number of rotatable bonds is 4. The van der Waals surface area contributed by atoms with Crippen LogP contribution in [0.25, 0.3) is 22.7 Å². The predicted molar refractivity (Wildman–Crippen MR) is 114 cm³/mol. The smallest absolute Gasteiger partial charge is 0.292 e. The fourth-order valence-corrected chi connectivity index (χ4v) is 4.16. The number of carbonyl (C=O) groups is 1. The number of para-hydroxylation sites is 1. The van der Waals surface area contributed by atoms with Crippen LogP contribution in [0.4, 0.5) is 13.2 Å². The fraction of sp³-hybridized carbons (Fsp3) is 0.174. The van der Waals surface area contributed by atoms with Crippen molar-refractivity contribution >= 4 is 17.0 Å². The highest BCUT2D eigenvalue weighted by Gasteiger charge is 2.41. The Labute approximate surface area is 194 Å². The Morgan fingerprint density at radius 2 is 2.00 bits per heavy atom. The Balaban J connectivity index is 1.46. The molecule has 35 heavy (non-hydrogen) atoms. The molecular weight excluding hydrogens is 465 g/mol. The van der Waals surface area contributed by atoms with E-state index in [-0.39, 0.29) is 35.1 Å². The van der Waals surface area contributed by atoms with Gasteiger partial charge >= 0.3 is 0 Å². The molecule has 0 saturated heterocycles. The van der Waals surface area contributed by atoms with Crippen LogP contribution in [-0.4, -0.2) is 42.3 Å². The standard InChI is InChI=1S/C23H15F3N6O3/c24-11-4-3-6-13-18(11)34-22(30-13)17-15-12(28-10-29-15)7-9-32(17)23(33)19-16(20(25)26)31-21(35-19)14-5-1-2-8-27-14/h1-6,8,10,17,20H,7,9H2,(H,28,29)/t17-/m0/s1. The van der Waals surface area contributed by atoms with Crippen LogP contribution in [0.5, 0.6) is 0 Å². The average molecular weight is 480 g/mol. The largest absolute Gasteiger partial charge is 0.435 e. The summed E-state index contributed by atoms with van der Waals surface area (Å²) in [7, 11) is 0. The summed E-state index contributed by atoms with van der Waals surface area (Å²) in [5.74, 6) is -2.30. The number of imidazole rings is 1. The topological polar surface area (TPSA) is 114 Å². The zero-order valence-electron chi connectivity index (χ0n) is 17.8. The Kier molecular flexibility index (Phi) is 4.87. The van der Waals surface area contributed by atoms with Gasteiger partial charge in [-0.05, 0) is 24.3 Å². The molecule has 1 aliphatic heterocycles. The first-order valence-corrected chi connectivity index (χ1v) is 10.6. The number of alkyl halides is 2. The van der Waals surface area contributed by atoms with E-state index in [2.05, 4.69) is 24.9 Å². The average Bonchev–Trinajstić information content (AvgIpc) is 3.61. The van der Waals surface area contributed by atoms with E-state index in [9.17, 15) is 18.0 Å². The number of oxazole rings is 2. The molecule has 4 aromatic heterocycles. The van der Waals surface area contributed by atoms with Gasteiger partial charge in [0.2, 0.25) is 17.5 Å². The number of pyridine rings is 1. The molecule has 0 spiro atoms. The number of hydrogen-bond acceptors (Lipinski definition) is 7. The van der Waals surface area contributed by atoms with E-state index in [1.807, 2.05) is 0 Å². The molecular formula is C23H15F3N6O3. The molecule has 0 bridgehead atoms. The molecule has 1 aliphatic rings. The van der Waals surface area contributed by atoms with Crippen molar-refractivity contribution in [2.24, 2.45) is 0 Å². The summed E-state index contributed by atoms with van der Waals surface area (Å²) < 4.78 is 53.2. The molecule has 5 heterocycles. The van der Waals surface area contributed by atoms with Crippen molar-refractivity contribution in [1.82, 2.24) is 29.8 Å². The number of halogens is 3. The number of hydrogen-bond donors (Lipinski definition) is 1. The lowest BCUT2D eigenvalue weighted by atomic mass is 10.0. The minimum absolute atomic E-state index is 0.00504. The van der Waals surface area contributed by atoms with Crippen LogP contribution in [-0.2, 0) is 6.42 Å². The van der Waals surface area contributed by atoms with Gasteiger partial charge in [0, 0.05) is 24.9 Å². The number of nitrogens with zero attached hydrogens (tertiary/aromatic N) is 5. The first-order valence-electron chi connectivity index (χ1n) is 10.6. The van der Waals surface area contributed by atoms with Gasteiger partial charge in [0.1, 0.15) is 11.2 Å². The third-order valence-electron chi connectivity index (χ3n) is 5.74. The van der Waals surface area contributed by atoms with Gasteiger partial charge in [0.25, 0.3) is 12.3 Å². The molecule has 0 radical (unpaired) electrons. The van der Waals surface area contributed by atoms with Crippen LogP contribution in [0.1, 0.15) is 46.0 Å². The van der Waals surface area contributed by atoms with E-state index in [1.165, 1.54) is 35.6 Å². The summed E-state index contributed by atoms with van der Waals surface area (Å²) in [6.07, 6.45) is 0.206. The van der Waals surface area contributed by atoms with Crippen molar-refractivity contribution in [2.75, 3.05) is 6.54 Å². The van der Waals surface area contributed by atoms with Crippen molar-refractivity contribution in [2.45, 2.75) is 18.9 Å². The molecule has 9 nitrogen and oxygen atoms in total. The summed E-state index contributed by atoms with van der Waals surface area (Å²) in [5.41, 5.74) is 0.712. The summed E-state index contributed by atoms with van der Waals surface area (Å²) in [6.45, 7) is 0.113. The highest BCUT2D eigenvalue weighted by Crippen LogP contribution is 2.37. The molecule has 1 aromatic carbocycles. The summed E-state index contributed by atoms with van der Waals surface area (Å²) in [5, 5.41) is 0. The number of amides is 1. The van der Waals surface area contributed by atoms with Crippen LogP contribution in [0.3, 0.4) is 0 Å². The summed E-state index contributed by atoms with van der Waals surface area (Å²) in [6, 6.07) is 8.09. The molecule has 5 aromatic rings. The van der Waals surface area contributed by atoms with Gasteiger partial charge in [-0.1, -0.05) is 12.1 Å². The molecule has 1 N–H and O–H groups in total. The monoisotopic (exact) mass is 480 g/mol. The number of fused-ring (bicyclic) bond motifs is 2. The van der Waals surface area contributed by atoms with E-state index in [0.29, 0.717) is 12.1 Å². The number of benzene rings is 1. The summed E-state index contributed by atoms with van der Waals surface area (Å²) >= 11 is 0. The molecule has 6 rings (SSSR count). The molecule has 0 saturated carbocycles. The van der Waals surface area contributed by atoms with Gasteiger partial charge in [0.15, 0.2) is 23.1 Å². The molecule has 176 valence electrons. The molecule has 0 fully saturated rings. The lowest BCUT2D eigenvalue weighted by molar-refractivity contribution is 0.0621. The second-order valence-electron chi connectivity index (χ2n) is 7.81. The zero-order chi connectivity index (χ0) is 24.1. The van der Waals surface area contributed by atoms with Crippen molar-refractivity contribution in [3.63, 3.8) is 0 Å². The minimum atomic E-state index is -3.07. The lowest BCUT2D eigenvalue weighted by Gasteiger charge is -2.32. The van der Waals surface area contributed by atoms with Crippen LogP contribution >= 0.6 is 0 Å². The summed E-state index contributed by atoms with van der Waals surface area (Å²) in [4.78, 5) is 34.4. The van der Waals surface area contributed by atoms with Gasteiger partial charge in [-0.2, -0.15) is 0 Å². The SMILES string of the molecule is O=C(c1oc(-c2ccccn2)nc1C(F)F)N1CCc2[nH]cnc2[C@H]1c1nc2cccc(F)c2o1. The number of aromatic amines is 1. The predicted octanol–water partition coefficient (Wildman–Crippen LogP) is 4.47. The normalized spacial score (nSPS) is 15.7. The van der Waals surface area contributed by atoms with Gasteiger partial charge in [-0.25, -0.2) is 28.1 Å². The Hall–Kier alpha value is -4.48. The molecule has 0 unspecified atom stereocenters. The molecule has 12 heteroatoms. The first-order chi connectivity index (χ1) is 17.0. The van der Waals surface area contributed by atoms with Crippen molar-refractivity contribution < 1.29 is 26.8 Å². The Bertz CT molecular complexity index is 1540. The van der Waals surface area contributed by atoms with Gasteiger partial charge in [-0.3, -0.25) is 9.78 Å². The van der Waals surface area contributed by atoms with Crippen LogP contribution in [0, 0.1) is 5.82 Å². The van der Waals surface area contributed by atoms with Gasteiger partial charge in [-0.15, -0.1) is 0 Å². The van der Waals surface area contributed by atoms with Crippen molar-refractivity contribution in [3.05, 3.63) is 83.5 Å². The third-order valence-corrected chi connectivity index (χ3v) is 5.74. The van der Waals surface area contributed by atoms with Gasteiger partial charge < -0.3 is 18.7 Å². The highest BCUT2D eigenvalue weighted by molar-refractivity contribution is 5.93. The van der Waals surface area contributed by atoms with E-state index >= 15 is 0 Å². The fourth-order valence-electron chi connectivity index (χ4n) is 4.16. The van der Waals surface area contributed by atoms with E-state index in [4.69, 9.17) is 8.83 Å².